The SMILES string of the molecule is COc1ccc(CNc2nnc(Sc3ncnc4ccsc34)s2)cc1. The van der Waals surface area contributed by atoms with Crippen molar-refractivity contribution in [1.82, 2.24) is 20.2 Å². The molecule has 0 aliphatic heterocycles. The minimum absolute atomic E-state index is 0.686. The fourth-order valence-electron chi connectivity index (χ4n) is 2.17. The molecule has 0 unspecified atom stereocenters. The van der Waals surface area contributed by atoms with E-state index in [9.17, 15) is 0 Å². The molecular formula is C16H13N5OS3. The summed E-state index contributed by atoms with van der Waals surface area (Å²) in [5.74, 6) is 0.850. The third kappa shape index (κ3) is 3.73. The first-order valence-corrected chi connectivity index (χ1v) is 9.89. The van der Waals surface area contributed by atoms with Gasteiger partial charge in [0.1, 0.15) is 17.1 Å². The maximum atomic E-state index is 5.16. The van der Waals surface area contributed by atoms with Crippen LogP contribution in [0.1, 0.15) is 5.56 Å². The third-order valence-electron chi connectivity index (χ3n) is 3.40. The van der Waals surface area contributed by atoms with E-state index in [0.29, 0.717) is 6.54 Å². The molecule has 1 N–H and O–H groups in total. The van der Waals surface area contributed by atoms with Crippen LogP contribution >= 0.6 is 34.4 Å². The zero-order valence-electron chi connectivity index (χ0n) is 13.2. The predicted molar refractivity (Wildman–Crippen MR) is 102 cm³/mol. The average Bonchev–Trinajstić information content (AvgIpc) is 3.30. The van der Waals surface area contributed by atoms with Gasteiger partial charge in [0.05, 0.1) is 17.3 Å². The first kappa shape index (κ1) is 16.2. The summed E-state index contributed by atoms with van der Waals surface area (Å²) in [5.41, 5.74) is 2.12. The first-order chi connectivity index (χ1) is 12.3. The molecule has 0 spiro atoms. The molecule has 0 bridgehead atoms. The lowest BCUT2D eigenvalue weighted by Gasteiger charge is -2.03. The van der Waals surface area contributed by atoms with E-state index >= 15 is 0 Å². The average molecular weight is 388 g/mol. The van der Waals surface area contributed by atoms with E-state index in [1.165, 1.54) is 23.1 Å². The highest BCUT2D eigenvalue weighted by molar-refractivity contribution is 8.01. The van der Waals surface area contributed by atoms with Gasteiger partial charge in [-0.1, -0.05) is 23.5 Å². The molecule has 0 amide bonds. The number of thiophene rings is 1. The van der Waals surface area contributed by atoms with Crippen molar-refractivity contribution in [3.05, 3.63) is 47.6 Å². The van der Waals surface area contributed by atoms with Gasteiger partial charge >= 0.3 is 0 Å². The van der Waals surface area contributed by atoms with Crippen LogP contribution in [0.5, 0.6) is 5.75 Å². The Morgan fingerprint density at radius 3 is 2.84 bits per heavy atom. The molecule has 0 aliphatic rings. The van der Waals surface area contributed by atoms with Gasteiger partial charge in [-0.05, 0) is 40.9 Å². The molecule has 0 atom stereocenters. The summed E-state index contributed by atoms with van der Waals surface area (Å²) in [4.78, 5) is 8.62. The second-order valence-electron chi connectivity index (χ2n) is 4.99. The number of anilines is 1. The zero-order chi connectivity index (χ0) is 17.1. The summed E-state index contributed by atoms with van der Waals surface area (Å²) in [6.07, 6.45) is 1.58. The highest BCUT2D eigenvalue weighted by atomic mass is 32.2. The van der Waals surface area contributed by atoms with E-state index in [0.717, 1.165) is 36.0 Å². The summed E-state index contributed by atoms with van der Waals surface area (Å²) in [6.45, 7) is 0.686. The van der Waals surface area contributed by atoms with Gasteiger partial charge < -0.3 is 10.1 Å². The monoisotopic (exact) mass is 387 g/mol. The smallest absolute Gasteiger partial charge is 0.206 e. The number of nitrogens with one attached hydrogen (secondary N) is 1. The second kappa shape index (κ2) is 7.34. The Kier molecular flexibility index (Phi) is 4.77. The summed E-state index contributed by atoms with van der Waals surface area (Å²) in [7, 11) is 1.66. The predicted octanol–water partition coefficient (Wildman–Crippen LogP) is 4.31. The quantitative estimate of drug-likeness (QED) is 0.494. The minimum atomic E-state index is 0.686. The molecule has 9 heteroatoms. The zero-order valence-corrected chi connectivity index (χ0v) is 15.6. The van der Waals surface area contributed by atoms with E-state index in [-0.39, 0.29) is 0 Å². The Bertz CT molecular complexity index is 983. The van der Waals surface area contributed by atoms with Gasteiger partial charge in [-0.2, -0.15) is 0 Å². The maximum Gasteiger partial charge on any atom is 0.206 e. The van der Waals surface area contributed by atoms with Crippen LogP contribution in [-0.4, -0.2) is 27.3 Å². The number of hydrogen-bond acceptors (Lipinski definition) is 9. The number of hydrogen-bond donors (Lipinski definition) is 1. The Balaban J connectivity index is 1.42. The van der Waals surface area contributed by atoms with Crippen molar-refractivity contribution in [3.63, 3.8) is 0 Å². The van der Waals surface area contributed by atoms with Crippen molar-refractivity contribution in [3.8, 4) is 5.75 Å². The van der Waals surface area contributed by atoms with Crippen LogP contribution in [-0.2, 0) is 6.54 Å². The third-order valence-corrected chi connectivity index (χ3v) is 6.38. The van der Waals surface area contributed by atoms with Crippen LogP contribution in [0.15, 0.2) is 51.4 Å². The summed E-state index contributed by atoms with van der Waals surface area (Å²) in [5, 5.41) is 15.5. The highest BCUT2D eigenvalue weighted by Crippen LogP contribution is 2.36. The Hall–Kier alpha value is -2.23. The van der Waals surface area contributed by atoms with Crippen molar-refractivity contribution in [2.24, 2.45) is 0 Å². The number of nitrogens with zero attached hydrogens (tertiary/aromatic N) is 4. The van der Waals surface area contributed by atoms with Crippen LogP contribution < -0.4 is 10.1 Å². The second-order valence-corrected chi connectivity index (χ2v) is 8.12. The van der Waals surface area contributed by atoms with Crippen molar-refractivity contribution in [2.45, 2.75) is 15.9 Å². The van der Waals surface area contributed by atoms with Crippen LogP contribution in [0.2, 0.25) is 0 Å². The topological polar surface area (TPSA) is 72.8 Å². The molecule has 0 radical (unpaired) electrons. The lowest BCUT2D eigenvalue weighted by Crippen LogP contribution is -1.98. The standard InChI is InChI=1S/C16H13N5OS3/c1-22-11-4-2-10(3-5-11)8-17-15-20-21-16(25-15)24-14-13-12(6-7-23-13)18-9-19-14/h2-7,9H,8H2,1H3,(H,17,20). The minimum Gasteiger partial charge on any atom is -0.497 e. The fraction of sp³-hybridized carbons (Fsp3) is 0.125. The van der Waals surface area contributed by atoms with Gasteiger partial charge in [-0.25, -0.2) is 9.97 Å². The molecule has 3 heterocycles. The molecular weight excluding hydrogens is 374 g/mol. The van der Waals surface area contributed by atoms with Crippen LogP contribution in [0.3, 0.4) is 0 Å². The molecule has 126 valence electrons. The van der Waals surface area contributed by atoms with Crippen molar-refractivity contribution >= 4 is 49.8 Å². The normalized spacial score (nSPS) is 10.9. The number of aromatic nitrogens is 4. The summed E-state index contributed by atoms with van der Waals surface area (Å²) in [6, 6.07) is 9.93. The first-order valence-electron chi connectivity index (χ1n) is 7.38. The molecule has 4 rings (SSSR count). The molecule has 6 nitrogen and oxygen atoms in total. The Labute approximate surface area is 156 Å². The van der Waals surface area contributed by atoms with Crippen molar-refractivity contribution in [2.75, 3.05) is 12.4 Å². The number of ether oxygens (including phenoxy) is 1. The summed E-state index contributed by atoms with van der Waals surface area (Å²) < 4.78 is 7.10. The summed E-state index contributed by atoms with van der Waals surface area (Å²) >= 11 is 4.67. The molecule has 1 aromatic carbocycles. The van der Waals surface area contributed by atoms with Crippen molar-refractivity contribution < 1.29 is 4.74 Å². The van der Waals surface area contributed by atoms with Gasteiger partial charge in [0, 0.05) is 6.54 Å². The van der Waals surface area contributed by atoms with E-state index in [1.807, 2.05) is 35.7 Å². The lowest BCUT2D eigenvalue weighted by molar-refractivity contribution is 0.414. The molecule has 0 saturated carbocycles. The Morgan fingerprint density at radius 2 is 2.00 bits per heavy atom. The molecule has 0 saturated heterocycles. The molecule has 0 aliphatic carbocycles. The van der Waals surface area contributed by atoms with Gasteiger partial charge in [-0.3, -0.25) is 0 Å². The van der Waals surface area contributed by atoms with Gasteiger partial charge in [0.25, 0.3) is 0 Å². The molecule has 25 heavy (non-hydrogen) atoms. The van der Waals surface area contributed by atoms with E-state index in [2.05, 4.69) is 25.5 Å². The van der Waals surface area contributed by atoms with Gasteiger partial charge in [-0.15, -0.1) is 21.5 Å². The van der Waals surface area contributed by atoms with Gasteiger partial charge in [0.2, 0.25) is 5.13 Å². The number of rotatable bonds is 6. The highest BCUT2D eigenvalue weighted by Gasteiger charge is 2.11. The fourth-order valence-corrected chi connectivity index (χ4v) is 4.82. The Morgan fingerprint density at radius 1 is 1.12 bits per heavy atom. The lowest BCUT2D eigenvalue weighted by atomic mass is 10.2. The molecule has 0 fully saturated rings. The molecule has 3 aromatic heterocycles. The maximum absolute atomic E-state index is 5.16. The number of benzene rings is 1. The number of methoxy groups -OCH3 is 1. The van der Waals surface area contributed by atoms with Crippen LogP contribution in [0, 0.1) is 0 Å². The van der Waals surface area contributed by atoms with Crippen LogP contribution in [0.25, 0.3) is 10.2 Å². The molecule has 4 aromatic rings. The van der Waals surface area contributed by atoms with E-state index < -0.39 is 0 Å². The number of fused-ring (bicyclic) bond motifs is 1. The van der Waals surface area contributed by atoms with Gasteiger partial charge in [0.15, 0.2) is 4.34 Å². The van der Waals surface area contributed by atoms with E-state index in [1.54, 1.807) is 24.8 Å². The van der Waals surface area contributed by atoms with E-state index in [4.69, 9.17) is 4.74 Å². The van der Waals surface area contributed by atoms with Crippen molar-refractivity contribution in [1.29, 1.82) is 0 Å². The van der Waals surface area contributed by atoms with Crippen LogP contribution in [0.4, 0.5) is 5.13 Å². The largest absolute Gasteiger partial charge is 0.497 e.